The molecule has 0 radical (unpaired) electrons. The van der Waals surface area contributed by atoms with Gasteiger partial charge in [-0.25, -0.2) is 4.98 Å². The molecule has 0 aliphatic carbocycles. The van der Waals surface area contributed by atoms with Gasteiger partial charge in [-0.3, -0.25) is 9.36 Å². The van der Waals surface area contributed by atoms with Gasteiger partial charge in [0.2, 0.25) is 0 Å². The van der Waals surface area contributed by atoms with E-state index in [1.165, 1.54) is 0 Å². The maximum atomic E-state index is 12.3. The molecule has 4 heteroatoms. The molecule has 2 aromatic rings. The molecule has 0 amide bonds. The highest BCUT2D eigenvalue weighted by atomic mass is 79.9. The average Bonchev–Trinajstić information content (AvgIpc) is 2.53. The van der Waals surface area contributed by atoms with Crippen LogP contribution in [0.1, 0.15) is 19.7 Å². The molecule has 2 heterocycles. The predicted octanol–water partition coefficient (Wildman–Crippen LogP) is 2.74. The summed E-state index contributed by atoms with van der Waals surface area (Å²) in [6, 6.07) is 5.63. The predicted molar refractivity (Wildman–Crippen MR) is 71.2 cm³/mol. The molecule has 1 aliphatic rings. The summed E-state index contributed by atoms with van der Waals surface area (Å²) in [6.45, 7) is 5.10. The second kappa shape index (κ2) is 3.42. The van der Waals surface area contributed by atoms with Crippen LogP contribution in [0.5, 0.6) is 0 Å². The van der Waals surface area contributed by atoms with Crippen LogP contribution >= 0.6 is 15.9 Å². The third-order valence-corrected chi connectivity index (χ3v) is 3.71. The van der Waals surface area contributed by atoms with Crippen LogP contribution in [-0.2, 0) is 13.0 Å². The first-order chi connectivity index (χ1) is 7.96. The topological polar surface area (TPSA) is 34.9 Å². The number of hydrogen-bond acceptors (Lipinski definition) is 2. The summed E-state index contributed by atoms with van der Waals surface area (Å²) in [5.74, 6) is 0.908. The van der Waals surface area contributed by atoms with Gasteiger partial charge >= 0.3 is 0 Å². The molecular weight excluding hydrogens is 280 g/mol. The highest BCUT2D eigenvalue weighted by Crippen LogP contribution is 2.30. The van der Waals surface area contributed by atoms with Crippen molar-refractivity contribution in [1.82, 2.24) is 9.55 Å². The summed E-state index contributed by atoms with van der Waals surface area (Å²) in [5, 5.41) is 0.703. The molecule has 0 unspecified atom stereocenters. The Morgan fingerprint density at radius 3 is 2.94 bits per heavy atom. The summed E-state index contributed by atoms with van der Waals surface area (Å²) in [4.78, 5) is 16.9. The maximum absolute atomic E-state index is 12.3. The molecule has 3 nitrogen and oxygen atoms in total. The fraction of sp³-hybridized carbons (Fsp3) is 0.385. The Hall–Kier alpha value is -1.16. The molecule has 1 aromatic heterocycles. The monoisotopic (exact) mass is 292 g/mol. The van der Waals surface area contributed by atoms with Crippen LogP contribution in [0.4, 0.5) is 0 Å². The van der Waals surface area contributed by atoms with Crippen LogP contribution in [0, 0.1) is 5.41 Å². The summed E-state index contributed by atoms with van der Waals surface area (Å²) in [7, 11) is 0. The van der Waals surface area contributed by atoms with Crippen LogP contribution in [0.15, 0.2) is 27.5 Å². The smallest absolute Gasteiger partial charge is 0.261 e. The minimum Gasteiger partial charge on any atom is -0.296 e. The number of rotatable bonds is 0. The minimum absolute atomic E-state index is 0.0862. The second-order valence-corrected chi connectivity index (χ2v) is 6.34. The first kappa shape index (κ1) is 11.0. The van der Waals surface area contributed by atoms with E-state index in [1.54, 1.807) is 0 Å². The third-order valence-electron chi connectivity index (χ3n) is 3.22. The van der Waals surface area contributed by atoms with Crippen molar-refractivity contribution < 1.29 is 0 Å². The van der Waals surface area contributed by atoms with Gasteiger partial charge in [-0.1, -0.05) is 29.8 Å². The van der Waals surface area contributed by atoms with Crippen molar-refractivity contribution in [2.24, 2.45) is 5.41 Å². The van der Waals surface area contributed by atoms with Crippen molar-refractivity contribution in [1.29, 1.82) is 0 Å². The van der Waals surface area contributed by atoms with E-state index >= 15 is 0 Å². The quantitative estimate of drug-likeness (QED) is 0.748. The fourth-order valence-corrected chi connectivity index (χ4v) is 2.80. The standard InChI is InChI=1S/C13H13BrN2O/c1-13(2)6-11-15-10-5-8(14)3-4-9(10)12(17)16(11)7-13/h3-5H,6-7H2,1-2H3. The average molecular weight is 293 g/mol. The van der Waals surface area contributed by atoms with Crippen molar-refractivity contribution in [2.75, 3.05) is 0 Å². The molecule has 0 spiro atoms. The third kappa shape index (κ3) is 1.71. The first-order valence-corrected chi connectivity index (χ1v) is 6.45. The van der Waals surface area contributed by atoms with Crippen LogP contribution in [0.25, 0.3) is 10.9 Å². The van der Waals surface area contributed by atoms with E-state index in [9.17, 15) is 4.79 Å². The first-order valence-electron chi connectivity index (χ1n) is 5.65. The molecule has 0 N–H and O–H groups in total. The molecule has 1 aromatic carbocycles. The van der Waals surface area contributed by atoms with E-state index in [0.29, 0.717) is 5.39 Å². The largest absolute Gasteiger partial charge is 0.296 e. The Labute approximate surface area is 108 Å². The lowest BCUT2D eigenvalue weighted by atomic mass is 9.92. The number of benzene rings is 1. The van der Waals surface area contributed by atoms with Crippen LogP contribution in [0.3, 0.4) is 0 Å². The molecule has 0 bridgehead atoms. The molecule has 3 rings (SSSR count). The fourth-order valence-electron chi connectivity index (χ4n) is 2.45. The molecule has 0 saturated carbocycles. The molecule has 17 heavy (non-hydrogen) atoms. The summed E-state index contributed by atoms with van der Waals surface area (Å²) >= 11 is 3.41. The van der Waals surface area contributed by atoms with Crippen LogP contribution in [-0.4, -0.2) is 9.55 Å². The van der Waals surface area contributed by atoms with Gasteiger partial charge < -0.3 is 0 Å². The Morgan fingerprint density at radius 1 is 1.41 bits per heavy atom. The van der Waals surface area contributed by atoms with Gasteiger partial charge in [0.05, 0.1) is 10.9 Å². The SMILES string of the molecule is CC1(C)Cc2nc3cc(Br)ccc3c(=O)n2C1. The number of nitrogens with zero attached hydrogens (tertiary/aromatic N) is 2. The molecule has 0 fully saturated rings. The lowest BCUT2D eigenvalue weighted by Crippen LogP contribution is -2.22. The highest BCUT2D eigenvalue weighted by Gasteiger charge is 2.30. The van der Waals surface area contributed by atoms with E-state index in [2.05, 4.69) is 34.8 Å². The van der Waals surface area contributed by atoms with Crippen LogP contribution in [0.2, 0.25) is 0 Å². The van der Waals surface area contributed by atoms with E-state index in [1.807, 2.05) is 22.8 Å². The minimum atomic E-state index is 0.0862. The summed E-state index contributed by atoms with van der Waals surface area (Å²) < 4.78 is 2.77. The maximum Gasteiger partial charge on any atom is 0.261 e. The van der Waals surface area contributed by atoms with Crippen LogP contribution < -0.4 is 5.56 Å². The lowest BCUT2D eigenvalue weighted by molar-refractivity contribution is 0.357. The Kier molecular flexibility index (Phi) is 2.20. The molecule has 0 atom stereocenters. The number of hydrogen-bond donors (Lipinski definition) is 0. The van der Waals surface area contributed by atoms with Gasteiger partial charge in [0.25, 0.3) is 5.56 Å². The van der Waals surface area contributed by atoms with Crippen molar-refractivity contribution in [3.05, 3.63) is 38.9 Å². The van der Waals surface area contributed by atoms with Crippen molar-refractivity contribution in [3.63, 3.8) is 0 Å². The Morgan fingerprint density at radius 2 is 2.18 bits per heavy atom. The zero-order valence-corrected chi connectivity index (χ0v) is 11.4. The van der Waals surface area contributed by atoms with Gasteiger partial charge in [-0.2, -0.15) is 0 Å². The van der Waals surface area contributed by atoms with Gasteiger partial charge in [-0.05, 0) is 23.6 Å². The van der Waals surface area contributed by atoms with Crippen molar-refractivity contribution >= 4 is 26.8 Å². The van der Waals surface area contributed by atoms with E-state index < -0.39 is 0 Å². The molecular formula is C13H13BrN2O. The molecule has 0 saturated heterocycles. The number of aromatic nitrogens is 2. The number of halogens is 1. The van der Waals surface area contributed by atoms with Gasteiger partial charge in [-0.15, -0.1) is 0 Å². The zero-order chi connectivity index (χ0) is 12.2. The van der Waals surface area contributed by atoms with Crippen molar-refractivity contribution in [2.45, 2.75) is 26.8 Å². The normalized spacial score (nSPS) is 17.4. The van der Waals surface area contributed by atoms with Gasteiger partial charge in [0, 0.05) is 17.4 Å². The molecule has 1 aliphatic heterocycles. The summed E-state index contributed by atoms with van der Waals surface area (Å²) in [6.07, 6.45) is 0.866. The summed E-state index contributed by atoms with van der Waals surface area (Å²) in [5.41, 5.74) is 1.00. The van der Waals surface area contributed by atoms with Crippen molar-refractivity contribution in [3.8, 4) is 0 Å². The van der Waals surface area contributed by atoms with Gasteiger partial charge in [0.1, 0.15) is 5.82 Å². The zero-order valence-electron chi connectivity index (χ0n) is 9.83. The molecule has 88 valence electrons. The second-order valence-electron chi connectivity index (χ2n) is 5.42. The van der Waals surface area contributed by atoms with E-state index in [4.69, 9.17) is 0 Å². The highest BCUT2D eigenvalue weighted by molar-refractivity contribution is 9.10. The Bertz CT molecular complexity index is 673. The van der Waals surface area contributed by atoms with E-state index in [-0.39, 0.29) is 11.0 Å². The number of fused-ring (bicyclic) bond motifs is 2. The van der Waals surface area contributed by atoms with Gasteiger partial charge in [0.15, 0.2) is 0 Å². The lowest BCUT2D eigenvalue weighted by Gasteiger charge is -2.13. The van der Waals surface area contributed by atoms with E-state index in [0.717, 1.165) is 28.8 Å². The Balaban J connectivity index is 2.35.